The number of carbonyl (C=O) groups excluding carboxylic acids is 1. The van der Waals surface area contributed by atoms with Gasteiger partial charge in [-0.3, -0.25) is 4.79 Å². The molecule has 1 aliphatic rings. The average Bonchev–Trinajstić information content (AvgIpc) is 2.45. The van der Waals surface area contributed by atoms with Gasteiger partial charge in [0.15, 0.2) is 0 Å². The number of carbonyl (C=O) groups is 1. The van der Waals surface area contributed by atoms with Gasteiger partial charge in [0.05, 0.1) is 11.6 Å². The van der Waals surface area contributed by atoms with Gasteiger partial charge < -0.3 is 5.32 Å². The summed E-state index contributed by atoms with van der Waals surface area (Å²) < 4.78 is 13.4. The first-order valence-electron chi connectivity index (χ1n) is 5.19. The highest BCUT2D eigenvalue weighted by molar-refractivity contribution is 6.02. The first-order valence-corrected chi connectivity index (χ1v) is 5.19. The Morgan fingerprint density at radius 3 is 2.87 bits per heavy atom. The van der Waals surface area contributed by atoms with Crippen molar-refractivity contribution in [3.05, 3.63) is 29.6 Å². The van der Waals surface area contributed by atoms with Crippen LogP contribution in [0, 0.1) is 11.7 Å². The Hall–Kier alpha value is -1.38. The second-order valence-corrected chi connectivity index (χ2v) is 4.38. The molecule has 1 aromatic carbocycles. The van der Waals surface area contributed by atoms with Gasteiger partial charge in [0.1, 0.15) is 5.82 Å². The van der Waals surface area contributed by atoms with E-state index >= 15 is 0 Å². The van der Waals surface area contributed by atoms with Gasteiger partial charge in [-0.1, -0.05) is 26.0 Å². The molecule has 0 spiro atoms. The zero-order chi connectivity index (χ0) is 11.0. The lowest BCUT2D eigenvalue weighted by Crippen LogP contribution is -2.13. The predicted molar refractivity (Wildman–Crippen MR) is 57.2 cm³/mol. The molecule has 3 heteroatoms. The maximum absolute atomic E-state index is 13.4. The highest BCUT2D eigenvalue weighted by Crippen LogP contribution is 2.37. The summed E-state index contributed by atoms with van der Waals surface area (Å²) in [5, 5.41) is 2.61. The number of rotatable bonds is 2. The predicted octanol–water partition coefficient (Wildman–Crippen LogP) is 2.91. The molecule has 80 valence electrons. The number of hydrogen-bond acceptors (Lipinski definition) is 1. The Balaban J connectivity index is 2.37. The third-order valence-corrected chi connectivity index (χ3v) is 2.69. The number of amides is 1. The Morgan fingerprint density at radius 1 is 1.47 bits per heavy atom. The van der Waals surface area contributed by atoms with Crippen LogP contribution in [-0.2, 0) is 4.79 Å². The van der Waals surface area contributed by atoms with Crippen LogP contribution in [-0.4, -0.2) is 5.91 Å². The van der Waals surface area contributed by atoms with Crippen molar-refractivity contribution in [1.29, 1.82) is 0 Å². The van der Waals surface area contributed by atoms with E-state index in [2.05, 4.69) is 19.2 Å². The summed E-state index contributed by atoms with van der Waals surface area (Å²) in [7, 11) is 0. The second kappa shape index (κ2) is 3.65. The SMILES string of the molecule is CC(C)CC1C(=O)Nc2c(F)cccc21. The van der Waals surface area contributed by atoms with Crippen molar-refractivity contribution in [3.8, 4) is 0 Å². The van der Waals surface area contributed by atoms with Crippen LogP contribution < -0.4 is 5.32 Å². The van der Waals surface area contributed by atoms with E-state index in [1.165, 1.54) is 6.07 Å². The molecule has 0 fully saturated rings. The fourth-order valence-corrected chi connectivity index (χ4v) is 2.02. The molecular weight excluding hydrogens is 193 g/mol. The zero-order valence-corrected chi connectivity index (χ0v) is 8.88. The van der Waals surface area contributed by atoms with E-state index in [-0.39, 0.29) is 17.6 Å². The monoisotopic (exact) mass is 207 g/mol. The maximum Gasteiger partial charge on any atom is 0.232 e. The topological polar surface area (TPSA) is 29.1 Å². The van der Waals surface area contributed by atoms with Crippen molar-refractivity contribution in [2.45, 2.75) is 26.2 Å². The van der Waals surface area contributed by atoms with Gasteiger partial charge in [-0.15, -0.1) is 0 Å². The standard InChI is InChI=1S/C12H14FNO/c1-7(2)6-9-8-4-3-5-10(13)11(8)14-12(9)15/h3-5,7,9H,6H2,1-2H3,(H,14,15). The first-order chi connectivity index (χ1) is 7.09. The molecular formula is C12H14FNO. The molecule has 0 aliphatic carbocycles. The molecule has 1 N–H and O–H groups in total. The van der Waals surface area contributed by atoms with Gasteiger partial charge >= 0.3 is 0 Å². The van der Waals surface area contributed by atoms with E-state index in [4.69, 9.17) is 0 Å². The molecule has 1 aromatic rings. The summed E-state index contributed by atoms with van der Waals surface area (Å²) in [6.45, 7) is 4.12. The molecule has 2 rings (SSSR count). The molecule has 0 radical (unpaired) electrons. The first kappa shape index (κ1) is 10.1. The quantitative estimate of drug-likeness (QED) is 0.793. The largest absolute Gasteiger partial charge is 0.323 e. The minimum atomic E-state index is -0.341. The van der Waals surface area contributed by atoms with Crippen LogP contribution in [0.4, 0.5) is 10.1 Å². The summed E-state index contributed by atoms with van der Waals surface area (Å²) in [6.07, 6.45) is 0.766. The zero-order valence-electron chi connectivity index (χ0n) is 8.88. The van der Waals surface area contributed by atoms with Crippen LogP contribution in [0.15, 0.2) is 18.2 Å². The number of para-hydroxylation sites is 1. The molecule has 0 bridgehead atoms. The molecule has 2 nitrogen and oxygen atoms in total. The van der Waals surface area contributed by atoms with Crippen molar-refractivity contribution in [1.82, 2.24) is 0 Å². The molecule has 1 unspecified atom stereocenters. The van der Waals surface area contributed by atoms with Crippen molar-refractivity contribution < 1.29 is 9.18 Å². The molecule has 1 atom stereocenters. The Morgan fingerprint density at radius 2 is 2.20 bits per heavy atom. The van der Waals surface area contributed by atoms with Crippen LogP contribution in [0.5, 0.6) is 0 Å². The minimum Gasteiger partial charge on any atom is -0.323 e. The number of fused-ring (bicyclic) bond motifs is 1. The van der Waals surface area contributed by atoms with Crippen molar-refractivity contribution in [2.75, 3.05) is 5.32 Å². The summed E-state index contributed by atoms with van der Waals surface area (Å²) in [6, 6.07) is 4.85. The van der Waals surface area contributed by atoms with E-state index < -0.39 is 0 Å². The van der Waals surface area contributed by atoms with E-state index in [0.717, 1.165) is 12.0 Å². The van der Waals surface area contributed by atoms with Crippen LogP contribution >= 0.6 is 0 Å². The Bertz CT molecular complexity index is 401. The van der Waals surface area contributed by atoms with E-state index in [9.17, 15) is 9.18 Å². The molecule has 15 heavy (non-hydrogen) atoms. The van der Waals surface area contributed by atoms with E-state index in [0.29, 0.717) is 11.6 Å². The summed E-state index contributed by atoms with van der Waals surface area (Å²) >= 11 is 0. The van der Waals surface area contributed by atoms with Gasteiger partial charge in [0.25, 0.3) is 0 Å². The van der Waals surface area contributed by atoms with Gasteiger partial charge in [0, 0.05) is 0 Å². The fraction of sp³-hybridized carbons (Fsp3) is 0.417. The lowest BCUT2D eigenvalue weighted by Gasteiger charge is -2.10. The highest BCUT2D eigenvalue weighted by atomic mass is 19.1. The number of hydrogen-bond donors (Lipinski definition) is 1. The lowest BCUT2D eigenvalue weighted by molar-refractivity contribution is -0.117. The molecule has 1 aliphatic heterocycles. The molecule has 0 saturated carbocycles. The van der Waals surface area contributed by atoms with Crippen LogP contribution in [0.3, 0.4) is 0 Å². The average molecular weight is 207 g/mol. The summed E-state index contributed by atoms with van der Waals surface area (Å²) in [4.78, 5) is 11.6. The number of anilines is 1. The Kier molecular flexibility index (Phi) is 2.47. The summed E-state index contributed by atoms with van der Waals surface area (Å²) in [5.41, 5.74) is 1.17. The van der Waals surface area contributed by atoms with Gasteiger partial charge in [-0.2, -0.15) is 0 Å². The van der Waals surface area contributed by atoms with Crippen LogP contribution in [0.25, 0.3) is 0 Å². The second-order valence-electron chi connectivity index (χ2n) is 4.38. The van der Waals surface area contributed by atoms with Crippen LogP contribution in [0.2, 0.25) is 0 Å². The van der Waals surface area contributed by atoms with Gasteiger partial charge in [0.2, 0.25) is 5.91 Å². The molecule has 1 amide bonds. The van der Waals surface area contributed by atoms with Gasteiger partial charge in [-0.05, 0) is 24.0 Å². The van der Waals surface area contributed by atoms with E-state index in [1.54, 1.807) is 6.07 Å². The van der Waals surface area contributed by atoms with Crippen molar-refractivity contribution >= 4 is 11.6 Å². The smallest absolute Gasteiger partial charge is 0.232 e. The van der Waals surface area contributed by atoms with Crippen LogP contribution in [0.1, 0.15) is 31.7 Å². The summed E-state index contributed by atoms with van der Waals surface area (Å²) in [5.74, 6) is -0.179. The van der Waals surface area contributed by atoms with Gasteiger partial charge in [-0.25, -0.2) is 4.39 Å². The normalized spacial score (nSPS) is 19.2. The molecule has 0 aromatic heterocycles. The number of halogens is 1. The minimum absolute atomic E-state index is 0.0798. The third-order valence-electron chi connectivity index (χ3n) is 2.69. The fourth-order valence-electron chi connectivity index (χ4n) is 2.02. The van der Waals surface area contributed by atoms with Crippen molar-refractivity contribution in [2.24, 2.45) is 5.92 Å². The number of nitrogens with one attached hydrogen (secondary N) is 1. The number of benzene rings is 1. The Labute approximate surface area is 88.5 Å². The molecule has 1 heterocycles. The van der Waals surface area contributed by atoms with Crippen molar-refractivity contribution in [3.63, 3.8) is 0 Å². The molecule has 0 saturated heterocycles. The van der Waals surface area contributed by atoms with E-state index in [1.807, 2.05) is 6.07 Å². The highest BCUT2D eigenvalue weighted by Gasteiger charge is 2.32. The lowest BCUT2D eigenvalue weighted by atomic mass is 9.91. The maximum atomic E-state index is 13.4. The third kappa shape index (κ3) is 1.74.